The molecule has 0 aromatic heterocycles. The molecule has 0 saturated heterocycles. The minimum Gasteiger partial charge on any atom is -0.481 e. The van der Waals surface area contributed by atoms with Crippen molar-refractivity contribution in [3.8, 4) is 0 Å². The van der Waals surface area contributed by atoms with Gasteiger partial charge in [0, 0.05) is 6.42 Å². The molecule has 0 saturated carbocycles. The highest BCUT2D eigenvalue weighted by molar-refractivity contribution is 5.66. The van der Waals surface area contributed by atoms with Gasteiger partial charge in [0.25, 0.3) is 0 Å². The van der Waals surface area contributed by atoms with Crippen molar-refractivity contribution < 1.29 is 9.90 Å². The molecule has 0 bridgehead atoms. The maximum absolute atomic E-state index is 10.4. The highest BCUT2D eigenvalue weighted by Gasteiger charge is 2.27. The van der Waals surface area contributed by atoms with E-state index in [1.54, 1.807) is 11.1 Å². The molecule has 2 heteroatoms. The molecule has 0 spiro atoms. The summed E-state index contributed by atoms with van der Waals surface area (Å²) in [6, 6.07) is 0. The van der Waals surface area contributed by atoms with Crippen LogP contribution >= 0.6 is 0 Å². The largest absolute Gasteiger partial charge is 0.481 e. The van der Waals surface area contributed by atoms with Crippen molar-refractivity contribution in [1.29, 1.82) is 0 Å². The number of aliphatic carboxylic acids is 1. The summed E-state index contributed by atoms with van der Waals surface area (Å²) >= 11 is 0. The van der Waals surface area contributed by atoms with E-state index in [4.69, 9.17) is 5.11 Å². The minimum atomic E-state index is -0.660. The van der Waals surface area contributed by atoms with E-state index < -0.39 is 5.97 Å². The van der Waals surface area contributed by atoms with E-state index in [0.717, 1.165) is 12.8 Å². The number of hydrogen-bond acceptors (Lipinski definition) is 1. The molecule has 0 unspecified atom stereocenters. The zero-order chi connectivity index (χ0) is 15.0. The molecule has 0 aliphatic heterocycles. The Balaban J connectivity index is 2.13. The predicted octanol–water partition coefficient (Wildman–Crippen LogP) is 5.72. The number of rotatable bonds is 9. The lowest BCUT2D eigenvalue weighted by Crippen LogP contribution is -2.20. The summed E-state index contributed by atoms with van der Waals surface area (Å²) in [6.45, 7) is 7.12. The van der Waals surface area contributed by atoms with Gasteiger partial charge in [-0.15, -0.1) is 0 Å². The molecular weight excluding hydrogens is 248 g/mol. The molecule has 2 nitrogen and oxygen atoms in total. The van der Waals surface area contributed by atoms with Crippen LogP contribution in [-0.2, 0) is 4.79 Å². The third-order valence-corrected chi connectivity index (χ3v) is 4.75. The lowest BCUT2D eigenvalue weighted by Gasteiger charge is -2.34. The monoisotopic (exact) mass is 280 g/mol. The van der Waals surface area contributed by atoms with Gasteiger partial charge in [-0.25, -0.2) is 0 Å². The average Bonchev–Trinajstić information content (AvgIpc) is 2.34. The molecule has 0 fully saturated rings. The number of carbonyl (C=O) groups is 1. The Bertz CT molecular complexity index is 339. The van der Waals surface area contributed by atoms with Gasteiger partial charge < -0.3 is 5.11 Å². The number of unbranched alkanes of at least 4 members (excludes halogenated alkanes) is 5. The molecule has 1 N–H and O–H groups in total. The van der Waals surface area contributed by atoms with E-state index in [0.29, 0.717) is 11.8 Å². The number of carboxylic acid groups (broad SMARTS) is 1. The summed E-state index contributed by atoms with van der Waals surface area (Å²) in [5.41, 5.74) is 3.78. The molecule has 0 amide bonds. The molecule has 0 aromatic carbocycles. The summed E-state index contributed by atoms with van der Waals surface area (Å²) in [4.78, 5) is 10.4. The van der Waals surface area contributed by atoms with Crippen LogP contribution in [0.1, 0.15) is 91.4 Å². The molecule has 1 rings (SSSR count). The fraction of sp³-hybridized carbons (Fsp3) is 0.833. The van der Waals surface area contributed by atoms with E-state index in [1.807, 2.05) is 0 Å². The Labute approximate surface area is 124 Å². The number of hydrogen-bond donors (Lipinski definition) is 1. The Morgan fingerprint density at radius 3 is 2.30 bits per heavy atom. The van der Waals surface area contributed by atoms with Crippen LogP contribution in [0.25, 0.3) is 0 Å². The topological polar surface area (TPSA) is 37.3 Å². The van der Waals surface area contributed by atoms with Crippen molar-refractivity contribution >= 4 is 5.97 Å². The van der Waals surface area contributed by atoms with E-state index in [9.17, 15) is 4.79 Å². The van der Waals surface area contributed by atoms with Crippen LogP contribution < -0.4 is 0 Å². The van der Waals surface area contributed by atoms with Gasteiger partial charge in [0.05, 0.1) is 0 Å². The second kappa shape index (κ2) is 8.49. The van der Waals surface area contributed by atoms with Crippen LogP contribution in [0.4, 0.5) is 0 Å². The van der Waals surface area contributed by atoms with Crippen LogP contribution in [0.15, 0.2) is 11.1 Å². The van der Waals surface area contributed by atoms with E-state index >= 15 is 0 Å². The Kier molecular flexibility index (Phi) is 7.32. The predicted molar refractivity (Wildman–Crippen MR) is 84.9 cm³/mol. The van der Waals surface area contributed by atoms with Crippen molar-refractivity contribution in [2.45, 2.75) is 91.4 Å². The zero-order valence-electron chi connectivity index (χ0n) is 13.6. The molecule has 1 aliphatic carbocycles. The quantitative estimate of drug-likeness (QED) is 0.433. The standard InChI is InChI=1S/C18H32O2/c1-15-11-10-14-18(2,3)16(15)12-8-6-4-5-7-9-13-17(19)20/h4-14H2,1-3H3,(H,19,20). The molecule has 20 heavy (non-hydrogen) atoms. The lowest BCUT2D eigenvalue weighted by atomic mass is 9.71. The normalized spacial score (nSPS) is 18.4. The van der Waals surface area contributed by atoms with Gasteiger partial charge in [-0.05, 0) is 50.9 Å². The first-order valence-electron chi connectivity index (χ1n) is 8.34. The van der Waals surface area contributed by atoms with Crippen LogP contribution in [0.3, 0.4) is 0 Å². The van der Waals surface area contributed by atoms with E-state index in [-0.39, 0.29) is 0 Å². The summed E-state index contributed by atoms with van der Waals surface area (Å²) in [7, 11) is 0. The SMILES string of the molecule is CC1=C(CCCCCCCCC(=O)O)C(C)(C)CCC1. The maximum atomic E-state index is 10.4. The second-order valence-corrected chi connectivity index (χ2v) is 7.01. The zero-order valence-corrected chi connectivity index (χ0v) is 13.6. The van der Waals surface area contributed by atoms with Crippen LogP contribution in [-0.4, -0.2) is 11.1 Å². The molecular formula is C18H32O2. The molecule has 0 heterocycles. The van der Waals surface area contributed by atoms with Crippen molar-refractivity contribution in [1.82, 2.24) is 0 Å². The average molecular weight is 280 g/mol. The third kappa shape index (κ3) is 6.11. The fourth-order valence-corrected chi connectivity index (χ4v) is 3.51. The molecule has 0 atom stereocenters. The summed E-state index contributed by atoms with van der Waals surface area (Å²) in [5, 5.41) is 8.57. The van der Waals surface area contributed by atoms with Gasteiger partial charge in [0.15, 0.2) is 0 Å². The summed E-state index contributed by atoms with van der Waals surface area (Å²) in [6.07, 6.45) is 12.5. The second-order valence-electron chi connectivity index (χ2n) is 7.01. The molecule has 0 aromatic rings. The van der Waals surface area contributed by atoms with Crippen LogP contribution in [0.2, 0.25) is 0 Å². The van der Waals surface area contributed by atoms with Gasteiger partial charge in [0.1, 0.15) is 0 Å². The third-order valence-electron chi connectivity index (χ3n) is 4.75. The number of allylic oxidation sites excluding steroid dienone is 2. The summed E-state index contributed by atoms with van der Waals surface area (Å²) < 4.78 is 0. The van der Waals surface area contributed by atoms with Gasteiger partial charge >= 0.3 is 5.97 Å². The van der Waals surface area contributed by atoms with Gasteiger partial charge in [-0.2, -0.15) is 0 Å². The first-order valence-corrected chi connectivity index (χ1v) is 8.34. The lowest BCUT2D eigenvalue weighted by molar-refractivity contribution is -0.137. The smallest absolute Gasteiger partial charge is 0.303 e. The van der Waals surface area contributed by atoms with Gasteiger partial charge in [-0.1, -0.05) is 50.7 Å². The fourth-order valence-electron chi connectivity index (χ4n) is 3.51. The van der Waals surface area contributed by atoms with Crippen molar-refractivity contribution in [3.63, 3.8) is 0 Å². The highest BCUT2D eigenvalue weighted by Crippen LogP contribution is 2.42. The maximum Gasteiger partial charge on any atom is 0.303 e. The Morgan fingerprint density at radius 2 is 1.70 bits per heavy atom. The van der Waals surface area contributed by atoms with E-state index in [2.05, 4.69) is 20.8 Å². The summed E-state index contributed by atoms with van der Waals surface area (Å²) in [5.74, 6) is -0.660. The first-order chi connectivity index (χ1) is 9.43. The van der Waals surface area contributed by atoms with Gasteiger partial charge in [0.2, 0.25) is 0 Å². The van der Waals surface area contributed by atoms with Crippen LogP contribution in [0, 0.1) is 5.41 Å². The molecule has 0 radical (unpaired) electrons. The van der Waals surface area contributed by atoms with Crippen LogP contribution in [0.5, 0.6) is 0 Å². The molecule has 116 valence electrons. The number of carboxylic acids is 1. The van der Waals surface area contributed by atoms with Crippen molar-refractivity contribution in [3.05, 3.63) is 11.1 Å². The van der Waals surface area contributed by atoms with E-state index in [1.165, 1.54) is 51.4 Å². The minimum absolute atomic E-state index is 0.334. The Morgan fingerprint density at radius 1 is 1.10 bits per heavy atom. The molecule has 1 aliphatic rings. The van der Waals surface area contributed by atoms with Crippen molar-refractivity contribution in [2.24, 2.45) is 5.41 Å². The van der Waals surface area contributed by atoms with Crippen molar-refractivity contribution in [2.75, 3.05) is 0 Å². The van der Waals surface area contributed by atoms with Gasteiger partial charge in [-0.3, -0.25) is 4.79 Å². The highest BCUT2D eigenvalue weighted by atomic mass is 16.4. The Hall–Kier alpha value is -0.790. The first kappa shape index (κ1) is 17.3.